The molecule has 4 rings (SSSR count). The molecule has 44 heavy (non-hydrogen) atoms. The third-order valence-corrected chi connectivity index (χ3v) is 9.19. The zero-order valence-electron chi connectivity index (χ0n) is 31.5. The molecule has 0 radical (unpaired) electrons. The number of nitrogens with zero attached hydrogens (tertiary/aromatic N) is 4. The maximum absolute atomic E-state index is 2.55. The summed E-state index contributed by atoms with van der Waals surface area (Å²) in [5.74, 6) is 1.68. The molecule has 1 unspecified atom stereocenters. The third kappa shape index (κ3) is 14.8. The highest BCUT2D eigenvalue weighted by atomic mass is 15.4. The summed E-state index contributed by atoms with van der Waals surface area (Å²) in [5, 5.41) is 0. The molecule has 2 aliphatic rings. The minimum absolute atomic E-state index is 0.839. The maximum Gasteiger partial charge on any atom is 0.0963 e. The van der Waals surface area contributed by atoms with Crippen molar-refractivity contribution in [2.24, 2.45) is 11.8 Å². The number of quaternary nitrogens is 2. The molecular formula is C40H74N4+2. The number of likely N-dealkylation sites (N-methyl/N-ethyl adjacent to an activating group) is 2. The zero-order chi connectivity index (χ0) is 33.2. The molecule has 0 saturated carbocycles. The SMILES string of the molecule is CC.CCC.CCC[N+]1(C)CCN(c2ccc(C)cc2)CC1.Cc1ccc(N2CC[N+](C)(CC(C)CCC(C)C)CC2)cc1. The predicted molar refractivity (Wildman–Crippen MR) is 199 cm³/mol. The van der Waals surface area contributed by atoms with Gasteiger partial charge >= 0.3 is 0 Å². The minimum atomic E-state index is 0.839. The van der Waals surface area contributed by atoms with Gasteiger partial charge in [0.2, 0.25) is 0 Å². The second-order valence-electron chi connectivity index (χ2n) is 14.5. The van der Waals surface area contributed by atoms with Gasteiger partial charge in [0.05, 0.1) is 79.5 Å². The quantitative estimate of drug-likeness (QED) is 0.261. The van der Waals surface area contributed by atoms with Crippen molar-refractivity contribution >= 4 is 11.4 Å². The molecule has 2 aromatic carbocycles. The van der Waals surface area contributed by atoms with E-state index in [-0.39, 0.29) is 0 Å². The van der Waals surface area contributed by atoms with Crippen LogP contribution in [0.3, 0.4) is 0 Å². The van der Waals surface area contributed by atoms with Crippen LogP contribution in [0.5, 0.6) is 0 Å². The minimum Gasteiger partial charge on any atom is -0.360 e. The fraction of sp³-hybridized carbons (Fsp3) is 0.700. The average molecular weight is 611 g/mol. The van der Waals surface area contributed by atoms with E-state index in [2.05, 4.69) is 128 Å². The second kappa shape index (κ2) is 20.9. The Morgan fingerprint density at radius 3 is 1.32 bits per heavy atom. The van der Waals surface area contributed by atoms with Gasteiger partial charge in [-0.2, -0.15) is 0 Å². The molecule has 0 aliphatic carbocycles. The molecule has 2 fully saturated rings. The molecule has 0 spiro atoms. The van der Waals surface area contributed by atoms with E-state index in [1.807, 2.05) is 13.8 Å². The van der Waals surface area contributed by atoms with Crippen molar-refractivity contribution in [1.29, 1.82) is 0 Å². The smallest absolute Gasteiger partial charge is 0.0963 e. The Bertz CT molecular complexity index is 965. The lowest BCUT2D eigenvalue weighted by molar-refractivity contribution is -0.913. The van der Waals surface area contributed by atoms with Crippen molar-refractivity contribution in [2.75, 3.05) is 89.3 Å². The summed E-state index contributed by atoms with van der Waals surface area (Å²) >= 11 is 0. The summed E-state index contributed by atoms with van der Waals surface area (Å²) in [6.45, 7) is 34.5. The van der Waals surface area contributed by atoms with Gasteiger partial charge in [-0.05, 0) is 56.9 Å². The standard InChI is InChI=1S/C20H35N2.C15H25N2.C3H8.C2H6/c1-17(2)6-7-19(4)16-22(5)14-12-21(13-15-22)20-10-8-18(3)9-11-20;1-4-11-17(3)12-9-16(10-13-17)15-7-5-14(2)6-8-15;1-3-2;1-2/h8-11,17,19H,6-7,12-16H2,1-5H3;5-8H,4,9-13H2,1-3H3;3H2,1-2H3;1-2H3/q2*+1;;. The van der Waals surface area contributed by atoms with Crippen LogP contribution in [-0.4, -0.2) is 88.5 Å². The summed E-state index contributed by atoms with van der Waals surface area (Å²) in [6, 6.07) is 17.9. The van der Waals surface area contributed by atoms with Gasteiger partial charge in [0, 0.05) is 17.3 Å². The van der Waals surface area contributed by atoms with E-state index in [0.717, 1.165) is 11.8 Å². The Balaban J connectivity index is 0.000000393. The molecule has 2 aromatic rings. The van der Waals surface area contributed by atoms with E-state index in [1.165, 1.54) is 123 Å². The summed E-state index contributed by atoms with van der Waals surface area (Å²) in [5.41, 5.74) is 5.47. The Labute approximate surface area is 275 Å². The van der Waals surface area contributed by atoms with Crippen LogP contribution < -0.4 is 9.80 Å². The molecule has 0 amide bonds. The van der Waals surface area contributed by atoms with Crippen molar-refractivity contribution < 1.29 is 8.97 Å². The van der Waals surface area contributed by atoms with Crippen LogP contribution in [0.25, 0.3) is 0 Å². The van der Waals surface area contributed by atoms with Gasteiger partial charge in [-0.3, -0.25) is 0 Å². The van der Waals surface area contributed by atoms with Gasteiger partial charge in [-0.1, -0.05) is 104 Å². The molecule has 2 heterocycles. The largest absolute Gasteiger partial charge is 0.360 e. The number of anilines is 2. The Hall–Kier alpha value is -2.04. The van der Waals surface area contributed by atoms with E-state index >= 15 is 0 Å². The highest BCUT2D eigenvalue weighted by Crippen LogP contribution is 2.23. The Morgan fingerprint density at radius 2 is 0.977 bits per heavy atom. The highest BCUT2D eigenvalue weighted by molar-refractivity contribution is 5.48. The van der Waals surface area contributed by atoms with Gasteiger partial charge in [0.15, 0.2) is 0 Å². The van der Waals surface area contributed by atoms with Crippen LogP contribution in [0.1, 0.15) is 92.2 Å². The van der Waals surface area contributed by atoms with Gasteiger partial charge < -0.3 is 18.8 Å². The lowest BCUT2D eigenvalue weighted by Gasteiger charge is -2.44. The van der Waals surface area contributed by atoms with E-state index < -0.39 is 0 Å². The van der Waals surface area contributed by atoms with E-state index in [9.17, 15) is 0 Å². The van der Waals surface area contributed by atoms with Crippen LogP contribution in [-0.2, 0) is 0 Å². The lowest BCUT2D eigenvalue weighted by Crippen LogP contribution is -2.58. The summed E-state index contributed by atoms with van der Waals surface area (Å²) in [7, 11) is 4.86. The summed E-state index contributed by atoms with van der Waals surface area (Å²) in [4.78, 5) is 5.08. The van der Waals surface area contributed by atoms with Crippen molar-refractivity contribution in [3.63, 3.8) is 0 Å². The fourth-order valence-electron chi connectivity index (χ4n) is 6.33. The number of hydrogen-bond donors (Lipinski definition) is 0. The second-order valence-corrected chi connectivity index (χ2v) is 14.5. The predicted octanol–water partition coefficient (Wildman–Crippen LogP) is 9.45. The first-order valence-corrected chi connectivity index (χ1v) is 18.2. The molecule has 4 heteroatoms. The van der Waals surface area contributed by atoms with Crippen molar-refractivity contribution in [1.82, 2.24) is 0 Å². The van der Waals surface area contributed by atoms with E-state index in [4.69, 9.17) is 0 Å². The van der Waals surface area contributed by atoms with Gasteiger partial charge in [-0.25, -0.2) is 0 Å². The van der Waals surface area contributed by atoms with E-state index in [0.29, 0.717) is 0 Å². The molecule has 0 bridgehead atoms. The molecule has 4 nitrogen and oxygen atoms in total. The average Bonchev–Trinajstić information content (AvgIpc) is 3.00. The number of benzene rings is 2. The molecule has 0 N–H and O–H groups in total. The first-order chi connectivity index (χ1) is 20.9. The van der Waals surface area contributed by atoms with E-state index in [1.54, 1.807) is 0 Å². The van der Waals surface area contributed by atoms with Crippen molar-refractivity contribution in [3.05, 3.63) is 59.7 Å². The van der Waals surface area contributed by atoms with Crippen molar-refractivity contribution in [2.45, 2.75) is 94.9 Å². The normalized spacial score (nSPS) is 17.8. The number of piperazine rings is 2. The molecule has 2 saturated heterocycles. The lowest BCUT2D eigenvalue weighted by atomic mass is 9.98. The zero-order valence-corrected chi connectivity index (χ0v) is 31.5. The van der Waals surface area contributed by atoms with Crippen molar-refractivity contribution in [3.8, 4) is 0 Å². The monoisotopic (exact) mass is 611 g/mol. The molecule has 2 aliphatic heterocycles. The Kier molecular flexibility index (Phi) is 19.0. The van der Waals surface area contributed by atoms with Crippen LogP contribution in [0, 0.1) is 25.7 Å². The van der Waals surface area contributed by atoms with Gasteiger partial charge in [-0.15, -0.1) is 0 Å². The van der Waals surface area contributed by atoms with Crippen LogP contribution >= 0.6 is 0 Å². The maximum atomic E-state index is 2.55. The molecule has 0 aromatic heterocycles. The summed E-state index contributed by atoms with van der Waals surface area (Å²) < 4.78 is 2.50. The molecule has 252 valence electrons. The Morgan fingerprint density at radius 1 is 0.614 bits per heavy atom. The van der Waals surface area contributed by atoms with Gasteiger partial charge in [0.25, 0.3) is 0 Å². The first-order valence-electron chi connectivity index (χ1n) is 18.2. The fourth-order valence-corrected chi connectivity index (χ4v) is 6.33. The van der Waals surface area contributed by atoms with Crippen LogP contribution in [0.15, 0.2) is 48.5 Å². The number of rotatable bonds is 9. The van der Waals surface area contributed by atoms with Crippen LogP contribution in [0.4, 0.5) is 11.4 Å². The topological polar surface area (TPSA) is 6.48 Å². The molecule has 1 atom stereocenters. The van der Waals surface area contributed by atoms with Gasteiger partial charge in [0.1, 0.15) is 0 Å². The number of aryl methyl sites for hydroxylation is 2. The third-order valence-electron chi connectivity index (χ3n) is 9.19. The van der Waals surface area contributed by atoms with Crippen LogP contribution in [0.2, 0.25) is 0 Å². The summed E-state index contributed by atoms with van der Waals surface area (Å²) in [6.07, 6.45) is 5.30. The molecular weight excluding hydrogens is 536 g/mol. The number of hydrogen-bond acceptors (Lipinski definition) is 2. The highest BCUT2D eigenvalue weighted by Gasteiger charge is 2.30. The first kappa shape index (κ1) is 40.0.